The van der Waals surface area contributed by atoms with Gasteiger partial charge in [0, 0.05) is 30.7 Å². The van der Waals surface area contributed by atoms with Crippen molar-refractivity contribution in [1.82, 2.24) is 15.2 Å². The van der Waals surface area contributed by atoms with E-state index in [9.17, 15) is 4.79 Å². The molecule has 0 radical (unpaired) electrons. The molecule has 5 rings (SSSR count). The summed E-state index contributed by atoms with van der Waals surface area (Å²) in [5.74, 6) is 0.670. The van der Waals surface area contributed by atoms with E-state index < -0.39 is 0 Å². The van der Waals surface area contributed by atoms with Gasteiger partial charge in [-0.1, -0.05) is 51.1 Å². The van der Waals surface area contributed by atoms with Crippen molar-refractivity contribution in [3.05, 3.63) is 64.2 Å². The molecule has 1 amide bonds. The molecule has 1 saturated heterocycles. The van der Waals surface area contributed by atoms with Gasteiger partial charge in [-0.15, -0.1) is 11.3 Å². The molecule has 2 aromatic heterocycles. The maximum Gasteiger partial charge on any atom is 0.261 e. The first-order chi connectivity index (χ1) is 16.9. The van der Waals surface area contributed by atoms with E-state index in [1.807, 2.05) is 24.3 Å². The number of aryl methyl sites for hydroxylation is 1. The Bertz CT molecular complexity index is 1160. The molecule has 1 aromatic carbocycles. The van der Waals surface area contributed by atoms with E-state index in [0.29, 0.717) is 11.3 Å². The highest BCUT2D eigenvalue weighted by atomic mass is 32.1. The lowest BCUT2D eigenvalue weighted by Gasteiger charge is -2.34. The molecule has 186 valence electrons. The van der Waals surface area contributed by atoms with Crippen LogP contribution in [-0.4, -0.2) is 48.6 Å². The first-order valence-electron chi connectivity index (χ1n) is 12.9. The van der Waals surface area contributed by atoms with Crippen molar-refractivity contribution in [2.24, 2.45) is 11.3 Å². The molecule has 0 saturated carbocycles. The number of ether oxygens (including phenoxy) is 1. The summed E-state index contributed by atoms with van der Waals surface area (Å²) >= 11 is 1.52. The van der Waals surface area contributed by atoms with Gasteiger partial charge in [0.15, 0.2) is 0 Å². The van der Waals surface area contributed by atoms with Crippen LogP contribution in [-0.2, 0) is 17.6 Å². The van der Waals surface area contributed by atoms with Crippen LogP contribution < -0.4 is 5.32 Å². The molecular formula is C29H37N3O2S. The number of carbonyl (C=O) groups is 1. The Balaban J connectivity index is 1.33. The van der Waals surface area contributed by atoms with E-state index in [2.05, 4.69) is 49.2 Å². The minimum absolute atomic E-state index is 0.00521. The fraction of sp³-hybridized carbons (Fsp3) is 0.517. The maximum absolute atomic E-state index is 13.4. The summed E-state index contributed by atoms with van der Waals surface area (Å²) in [6.45, 7) is 11.4. The van der Waals surface area contributed by atoms with Gasteiger partial charge in [-0.25, -0.2) is 4.98 Å². The Morgan fingerprint density at radius 2 is 1.97 bits per heavy atom. The molecule has 5 nitrogen and oxygen atoms in total. The average Bonchev–Trinajstić information content (AvgIpc) is 3.28. The largest absolute Gasteiger partial charge is 0.379 e. The number of hydrogen-bond donors (Lipinski definition) is 1. The zero-order chi connectivity index (χ0) is 24.4. The number of rotatable bonds is 6. The molecule has 0 spiro atoms. The average molecular weight is 492 g/mol. The highest BCUT2D eigenvalue weighted by Gasteiger charge is 2.30. The minimum Gasteiger partial charge on any atom is -0.379 e. The predicted octanol–water partition coefficient (Wildman–Crippen LogP) is 5.64. The van der Waals surface area contributed by atoms with Crippen LogP contribution in [0.4, 0.5) is 0 Å². The molecule has 1 fully saturated rings. The highest BCUT2D eigenvalue weighted by Crippen LogP contribution is 2.38. The maximum atomic E-state index is 13.4. The summed E-state index contributed by atoms with van der Waals surface area (Å²) in [5, 5.41) is 4.43. The van der Waals surface area contributed by atoms with Gasteiger partial charge < -0.3 is 10.1 Å². The molecule has 2 atom stereocenters. The Hall–Kier alpha value is -2.28. The zero-order valence-electron chi connectivity index (χ0n) is 21.2. The third kappa shape index (κ3) is 5.76. The van der Waals surface area contributed by atoms with Gasteiger partial charge in [-0.3, -0.25) is 9.69 Å². The van der Waals surface area contributed by atoms with Crippen LogP contribution in [0.25, 0.3) is 10.2 Å². The molecule has 1 unspecified atom stereocenters. The number of benzene rings is 1. The van der Waals surface area contributed by atoms with Gasteiger partial charge in [0.1, 0.15) is 4.83 Å². The van der Waals surface area contributed by atoms with Crippen LogP contribution in [0.5, 0.6) is 0 Å². The third-order valence-corrected chi connectivity index (χ3v) is 8.71. The first-order valence-corrected chi connectivity index (χ1v) is 13.8. The Morgan fingerprint density at radius 1 is 1.20 bits per heavy atom. The monoisotopic (exact) mass is 491 g/mol. The molecule has 6 heteroatoms. The number of thiophene rings is 1. The van der Waals surface area contributed by atoms with Gasteiger partial charge in [-0.05, 0) is 60.3 Å². The number of pyridine rings is 1. The van der Waals surface area contributed by atoms with Crippen LogP contribution >= 0.6 is 11.3 Å². The third-order valence-electron chi connectivity index (χ3n) is 7.67. The molecule has 0 bridgehead atoms. The van der Waals surface area contributed by atoms with Gasteiger partial charge in [0.25, 0.3) is 5.91 Å². The number of nitrogens with zero attached hydrogens (tertiary/aromatic N) is 2. The normalized spacial score (nSPS) is 19.9. The molecule has 2 aliphatic rings. The van der Waals surface area contributed by atoms with Crippen molar-refractivity contribution in [2.75, 3.05) is 32.8 Å². The SMILES string of the molecule is CC(C)(C)[C@H]1CCc2nc3sc(C(=O)NC(CCN4CCOCC4)c4ccccc4)cc3cc2C1. The number of amides is 1. The lowest BCUT2D eigenvalue weighted by Crippen LogP contribution is -2.39. The van der Waals surface area contributed by atoms with E-state index in [1.54, 1.807) is 0 Å². The van der Waals surface area contributed by atoms with Crippen LogP contribution in [0.15, 0.2) is 42.5 Å². The Kier molecular flexibility index (Phi) is 7.24. The van der Waals surface area contributed by atoms with E-state index in [4.69, 9.17) is 9.72 Å². The van der Waals surface area contributed by atoms with E-state index in [1.165, 1.54) is 29.0 Å². The van der Waals surface area contributed by atoms with Crippen LogP contribution in [0.3, 0.4) is 0 Å². The topological polar surface area (TPSA) is 54.5 Å². The van der Waals surface area contributed by atoms with Crippen molar-refractivity contribution >= 4 is 27.5 Å². The summed E-state index contributed by atoms with van der Waals surface area (Å²) in [6, 6.07) is 14.6. The zero-order valence-corrected chi connectivity index (χ0v) is 22.0. The van der Waals surface area contributed by atoms with Crippen molar-refractivity contribution < 1.29 is 9.53 Å². The summed E-state index contributed by atoms with van der Waals surface area (Å²) < 4.78 is 5.49. The van der Waals surface area contributed by atoms with Crippen LogP contribution in [0.1, 0.15) is 66.1 Å². The number of carbonyl (C=O) groups excluding carboxylic acids is 1. The van der Waals surface area contributed by atoms with Crippen molar-refractivity contribution in [1.29, 1.82) is 0 Å². The van der Waals surface area contributed by atoms with Gasteiger partial charge >= 0.3 is 0 Å². The molecule has 1 aliphatic heterocycles. The van der Waals surface area contributed by atoms with Crippen molar-refractivity contribution in [2.45, 2.75) is 52.5 Å². The smallest absolute Gasteiger partial charge is 0.261 e. The first kappa shape index (κ1) is 24.4. The molecular weight excluding hydrogens is 454 g/mol. The standard InChI is InChI=1S/C29H37N3O2S/c1-29(2,3)23-9-10-24-21(18-23)17-22-19-26(35-28(22)31-24)27(33)30-25(20-7-5-4-6-8-20)11-12-32-13-15-34-16-14-32/h4-8,17,19,23,25H,9-16,18H2,1-3H3,(H,30,33)/t23-,25?/m0/s1. The lowest BCUT2D eigenvalue weighted by atomic mass is 9.71. The van der Waals surface area contributed by atoms with Crippen LogP contribution in [0, 0.1) is 11.3 Å². The van der Waals surface area contributed by atoms with E-state index in [0.717, 1.165) is 72.8 Å². The van der Waals surface area contributed by atoms with Crippen LogP contribution in [0.2, 0.25) is 0 Å². The molecule has 35 heavy (non-hydrogen) atoms. The van der Waals surface area contributed by atoms with Gasteiger partial charge in [0.2, 0.25) is 0 Å². The second-order valence-corrected chi connectivity index (χ2v) is 12.1. The van der Waals surface area contributed by atoms with Crippen molar-refractivity contribution in [3.63, 3.8) is 0 Å². The second-order valence-electron chi connectivity index (χ2n) is 11.1. The van der Waals surface area contributed by atoms with Gasteiger partial charge in [0.05, 0.1) is 24.1 Å². The fourth-order valence-electron chi connectivity index (χ4n) is 5.35. The summed E-state index contributed by atoms with van der Waals surface area (Å²) in [7, 11) is 0. The Labute approximate surface area is 212 Å². The number of morpholine rings is 1. The number of fused-ring (bicyclic) bond motifs is 2. The Morgan fingerprint density at radius 3 is 2.71 bits per heavy atom. The van der Waals surface area contributed by atoms with E-state index in [-0.39, 0.29) is 11.9 Å². The highest BCUT2D eigenvalue weighted by molar-refractivity contribution is 7.20. The molecule has 1 aliphatic carbocycles. The fourth-order valence-corrected chi connectivity index (χ4v) is 6.29. The van der Waals surface area contributed by atoms with Crippen molar-refractivity contribution in [3.8, 4) is 0 Å². The summed E-state index contributed by atoms with van der Waals surface area (Å²) in [4.78, 5) is 22.5. The number of hydrogen-bond acceptors (Lipinski definition) is 5. The quantitative estimate of drug-likeness (QED) is 0.485. The molecule has 3 aromatic rings. The molecule has 1 N–H and O–H groups in total. The number of aromatic nitrogens is 1. The predicted molar refractivity (Wildman–Crippen MR) is 143 cm³/mol. The summed E-state index contributed by atoms with van der Waals surface area (Å²) in [5.41, 5.74) is 4.04. The minimum atomic E-state index is -0.0227. The number of nitrogens with one attached hydrogen (secondary N) is 1. The van der Waals surface area contributed by atoms with Gasteiger partial charge in [-0.2, -0.15) is 0 Å². The molecule has 3 heterocycles. The second kappa shape index (κ2) is 10.4. The summed E-state index contributed by atoms with van der Waals surface area (Å²) in [6.07, 6.45) is 4.18. The van der Waals surface area contributed by atoms with E-state index >= 15 is 0 Å². The lowest BCUT2D eigenvalue weighted by molar-refractivity contribution is 0.0360.